The van der Waals surface area contributed by atoms with E-state index in [0.29, 0.717) is 0 Å². The second-order valence-electron chi connectivity index (χ2n) is 6.20. The fourth-order valence-electron chi connectivity index (χ4n) is 3.05. The van der Waals surface area contributed by atoms with Gasteiger partial charge in [0, 0.05) is 28.5 Å². The van der Waals surface area contributed by atoms with Crippen molar-refractivity contribution >= 4 is 34.0 Å². The summed E-state index contributed by atoms with van der Waals surface area (Å²) in [7, 11) is 1.70. The van der Waals surface area contributed by atoms with Gasteiger partial charge in [-0.15, -0.1) is 0 Å². The summed E-state index contributed by atoms with van der Waals surface area (Å²) in [5.41, 5.74) is 4.08. The highest BCUT2D eigenvalue weighted by atomic mass is 16.5. The number of methoxy groups -OCH3 is 1. The highest BCUT2D eigenvalue weighted by Crippen LogP contribution is 2.28. The molecule has 0 atom stereocenters. The van der Waals surface area contributed by atoms with Crippen LogP contribution in [-0.4, -0.2) is 13.3 Å². The van der Waals surface area contributed by atoms with Crippen molar-refractivity contribution in [3.8, 4) is 5.75 Å². The lowest BCUT2D eigenvalue weighted by molar-refractivity contribution is 0.420. The largest absolute Gasteiger partial charge is 0.496 e. The molecule has 0 aliphatic rings. The Morgan fingerprint density at radius 1 is 0.704 bits per heavy atom. The van der Waals surface area contributed by atoms with Gasteiger partial charge in [-0.05, 0) is 53.9 Å². The van der Waals surface area contributed by atoms with E-state index in [1.807, 2.05) is 85.1 Å². The number of ether oxygens (including phenoxy) is 1. The molecule has 0 aliphatic heterocycles. The van der Waals surface area contributed by atoms with Crippen molar-refractivity contribution in [3.05, 3.63) is 96.6 Å². The molecule has 3 heteroatoms. The van der Waals surface area contributed by atoms with E-state index < -0.39 is 0 Å². The monoisotopic (exact) mass is 352 g/mol. The molecule has 4 aromatic carbocycles. The van der Waals surface area contributed by atoms with Crippen LogP contribution in [-0.2, 0) is 0 Å². The van der Waals surface area contributed by atoms with Gasteiger partial charge < -0.3 is 10.1 Å². The molecule has 0 heterocycles. The van der Waals surface area contributed by atoms with E-state index in [9.17, 15) is 0 Å². The Morgan fingerprint density at radius 2 is 1.37 bits per heavy atom. The van der Waals surface area contributed by atoms with E-state index in [-0.39, 0.29) is 0 Å². The second kappa shape index (κ2) is 7.75. The van der Waals surface area contributed by atoms with Gasteiger partial charge in [-0.1, -0.05) is 42.5 Å². The van der Waals surface area contributed by atoms with Crippen LogP contribution in [0.5, 0.6) is 5.75 Å². The summed E-state index contributed by atoms with van der Waals surface area (Å²) in [4.78, 5) is 4.64. The Bertz CT molecular complexity index is 1070. The summed E-state index contributed by atoms with van der Waals surface area (Å²) < 4.78 is 5.46. The van der Waals surface area contributed by atoms with Crippen LogP contribution in [0.1, 0.15) is 5.56 Å². The van der Waals surface area contributed by atoms with Gasteiger partial charge in [-0.25, -0.2) is 0 Å². The van der Waals surface area contributed by atoms with E-state index >= 15 is 0 Å². The quantitative estimate of drug-likeness (QED) is 0.425. The molecule has 132 valence electrons. The zero-order chi connectivity index (χ0) is 18.5. The smallest absolute Gasteiger partial charge is 0.126 e. The molecule has 0 aliphatic carbocycles. The van der Waals surface area contributed by atoms with Gasteiger partial charge in [0.25, 0.3) is 0 Å². The molecular weight excluding hydrogens is 332 g/mol. The number of aliphatic imine (C=N–C) groups is 1. The molecular formula is C24H20N2O. The minimum absolute atomic E-state index is 0.874. The zero-order valence-corrected chi connectivity index (χ0v) is 15.1. The molecule has 1 N–H and O–H groups in total. The minimum Gasteiger partial charge on any atom is -0.496 e. The van der Waals surface area contributed by atoms with E-state index in [2.05, 4.69) is 22.4 Å². The van der Waals surface area contributed by atoms with Crippen LogP contribution in [0.3, 0.4) is 0 Å². The molecule has 0 saturated carbocycles. The first kappa shape index (κ1) is 16.9. The lowest BCUT2D eigenvalue weighted by Gasteiger charge is -2.08. The Hall–Kier alpha value is -3.59. The Morgan fingerprint density at radius 3 is 2.11 bits per heavy atom. The molecule has 4 rings (SSSR count). The first-order valence-corrected chi connectivity index (χ1v) is 8.85. The number of anilines is 2. The third-order valence-corrected chi connectivity index (χ3v) is 4.42. The molecule has 4 aromatic rings. The zero-order valence-electron chi connectivity index (χ0n) is 15.1. The molecule has 0 amide bonds. The van der Waals surface area contributed by atoms with Crippen molar-refractivity contribution in [1.82, 2.24) is 0 Å². The van der Waals surface area contributed by atoms with Gasteiger partial charge >= 0.3 is 0 Å². The van der Waals surface area contributed by atoms with Crippen LogP contribution >= 0.6 is 0 Å². The molecule has 0 radical (unpaired) electrons. The van der Waals surface area contributed by atoms with Gasteiger partial charge in [-0.3, -0.25) is 4.99 Å². The first-order valence-electron chi connectivity index (χ1n) is 8.85. The number of nitrogens with one attached hydrogen (secondary N) is 1. The van der Waals surface area contributed by atoms with Crippen LogP contribution in [0.15, 0.2) is 96.0 Å². The standard InChI is InChI=1S/C24H20N2O/c1-27-24-16-11-18(22-9-5-6-10-23(22)24)17-25-19-12-14-21(15-13-19)26-20-7-3-2-4-8-20/h2-17,26H,1H3. The number of hydrogen-bond acceptors (Lipinski definition) is 3. The van der Waals surface area contributed by atoms with Crippen LogP contribution < -0.4 is 10.1 Å². The molecule has 3 nitrogen and oxygen atoms in total. The van der Waals surface area contributed by atoms with Crippen LogP contribution in [0.2, 0.25) is 0 Å². The van der Waals surface area contributed by atoms with Crippen LogP contribution in [0.4, 0.5) is 17.1 Å². The third-order valence-electron chi connectivity index (χ3n) is 4.42. The normalized spacial score (nSPS) is 11.0. The van der Waals surface area contributed by atoms with Crippen LogP contribution in [0, 0.1) is 0 Å². The van der Waals surface area contributed by atoms with Gasteiger partial charge in [0.15, 0.2) is 0 Å². The molecule has 0 saturated heterocycles. The maximum absolute atomic E-state index is 5.46. The second-order valence-corrected chi connectivity index (χ2v) is 6.20. The summed E-state index contributed by atoms with van der Waals surface area (Å²) in [6.45, 7) is 0. The lowest BCUT2D eigenvalue weighted by atomic mass is 10.0. The van der Waals surface area contributed by atoms with Gasteiger partial charge in [0.1, 0.15) is 5.75 Å². The topological polar surface area (TPSA) is 33.6 Å². The van der Waals surface area contributed by atoms with Crippen molar-refractivity contribution in [2.24, 2.45) is 4.99 Å². The van der Waals surface area contributed by atoms with E-state index in [4.69, 9.17) is 4.74 Å². The van der Waals surface area contributed by atoms with Crippen molar-refractivity contribution < 1.29 is 4.74 Å². The number of benzene rings is 4. The molecule has 0 fully saturated rings. The maximum atomic E-state index is 5.46. The summed E-state index contributed by atoms with van der Waals surface area (Å²) >= 11 is 0. The summed E-state index contributed by atoms with van der Waals surface area (Å²) in [5.74, 6) is 0.874. The highest BCUT2D eigenvalue weighted by Gasteiger charge is 2.04. The fraction of sp³-hybridized carbons (Fsp3) is 0.0417. The number of para-hydroxylation sites is 1. The Balaban J connectivity index is 1.56. The molecule has 0 aromatic heterocycles. The summed E-state index contributed by atoms with van der Waals surface area (Å²) in [6.07, 6.45) is 1.90. The number of rotatable bonds is 5. The van der Waals surface area contributed by atoms with E-state index in [1.54, 1.807) is 7.11 Å². The predicted octanol–water partition coefficient (Wildman–Crippen LogP) is 6.34. The molecule has 27 heavy (non-hydrogen) atoms. The molecule has 0 spiro atoms. The molecule has 0 bridgehead atoms. The number of fused-ring (bicyclic) bond motifs is 1. The number of nitrogens with zero attached hydrogens (tertiary/aromatic N) is 1. The van der Waals surface area contributed by atoms with Crippen molar-refractivity contribution in [1.29, 1.82) is 0 Å². The highest BCUT2D eigenvalue weighted by molar-refractivity contribution is 6.02. The third kappa shape index (κ3) is 3.82. The summed E-state index contributed by atoms with van der Waals surface area (Å²) in [5, 5.41) is 5.59. The Labute approximate surface area is 159 Å². The van der Waals surface area contributed by atoms with Crippen molar-refractivity contribution in [2.45, 2.75) is 0 Å². The van der Waals surface area contributed by atoms with Crippen molar-refractivity contribution in [2.75, 3.05) is 12.4 Å². The maximum Gasteiger partial charge on any atom is 0.126 e. The van der Waals surface area contributed by atoms with Crippen LogP contribution in [0.25, 0.3) is 10.8 Å². The first-order chi connectivity index (χ1) is 13.3. The lowest BCUT2D eigenvalue weighted by Crippen LogP contribution is -1.90. The Kier molecular flexibility index (Phi) is 4.84. The van der Waals surface area contributed by atoms with Crippen molar-refractivity contribution in [3.63, 3.8) is 0 Å². The number of hydrogen-bond donors (Lipinski definition) is 1. The fourth-order valence-corrected chi connectivity index (χ4v) is 3.05. The van der Waals surface area contributed by atoms with E-state index in [0.717, 1.165) is 39.1 Å². The SMILES string of the molecule is COc1ccc(C=Nc2ccc(Nc3ccccc3)cc2)c2ccccc12. The van der Waals surface area contributed by atoms with Gasteiger partial charge in [-0.2, -0.15) is 0 Å². The summed E-state index contributed by atoms with van der Waals surface area (Å²) in [6, 6.07) is 30.4. The minimum atomic E-state index is 0.874. The van der Waals surface area contributed by atoms with Gasteiger partial charge in [0.2, 0.25) is 0 Å². The van der Waals surface area contributed by atoms with Gasteiger partial charge in [0.05, 0.1) is 12.8 Å². The average molecular weight is 352 g/mol. The predicted molar refractivity (Wildman–Crippen MR) is 114 cm³/mol. The van der Waals surface area contributed by atoms with E-state index in [1.165, 1.54) is 0 Å². The molecule has 0 unspecified atom stereocenters. The average Bonchev–Trinajstić information content (AvgIpc) is 2.74.